The standard InChI is InChI=1S/C16H12N2O2/c19-14-6-2-12(3-7-14)13-4-8-15(9-5-13)20-16-17-10-1-11-18-16/h1-11,19H. The summed E-state index contributed by atoms with van der Waals surface area (Å²) in [5, 5.41) is 9.28. The molecule has 0 aliphatic carbocycles. The highest BCUT2D eigenvalue weighted by Crippen LogP contribution is 2.25. The molecule has 3 rings (SSSR count). The second-order valence-corrected chi connectivity index (χ2v) is 4.20. The number of benzene rings is 2. The minimum atomic E-state index is 0.259. The Morgan fingerprint density at radius 1 is 0.750 bits per heavy atom. The number of hydrogen-bond donors (Lipinski definition) is 1. The molecule has 0 fully saturated rings. The summed E-state index contributed by atoms with van der Waals surface area (Å²) in [6.07, 6.45) is 3.26. The van der Waals surface area contributed by atoms with E-state index in [0.717, 1.165) is 11.1 Å². The number of nitrogens with zero attached hydrogens (tertiary/aromatic N) is 2. The van der Waals surface area contributed by atoms with Crippen LogP contribution in [0.4, 0.5) is 0 Å². The van der Waals surface area contributed by atoms with Gasteiger partial charge in [0.15, 0.2) is 0 Å². The summed E-state index contributed by atoms with van der Waals surface area (Å²) in [5.74, 6) is 0.939. The summed E-state index contributed by atoms with van der Waals surface area (Å²) >= 11 is 0. The van der Waals surface area contributed by atoms with Crippen LogP contribution in [0.25, 0.3) is 11.1 Å². The Kier molecular flexibility index (Phi) is 3.29. The van der Waals surface area contributed by atoms with E-state index in [1.807, 2.05) is 36.4 Å². The number of phenolic OH excluding ortho intramolecular Hbond substituents is 1. The van der Waals surface area contributed by atoms with Gasteiger partial charge in [-0.25, -0.2) is 9.97 Å². The van der Waals surface area contributed by atoms with E-state index >= 15 is 0 Å². The van der Waals surface area contributed by atoms with Crippen molar-refractivity contribution >= 4 is 0 Å². The molecular weight excluding hydrogens is 252 g/mol. The van der Waals surface area contributed by atoms with Gasteiger partial charge in [0.25, 0.3) is 0 Å². The molecule has 0 saturated heterocycles. The molecule has 1 heterocycles. The number of rotatable bonds is 3. The van der Waals surface area contributed by atoms with E-state index in [1.165, 1.54) is 0 Å². The maximum Gasteiger partial charge on any atom is 0.321 e. The van der Waals surface area contributed by atoms with Crippen molar-refractivity contribution in [1.82, 2.24) is 9.97 Å². The SMILES string of the molecule is Oc1ccc(-c2ccc(Oc3ncccn3)cc2)cc1. The van der Waals surface area contributed by atoms with Crippen molar-refractivity contribution in [2.75, 3.05) is 0 Å². The summed E-state index contributed by atoms with van der Waals surface area (Å²) in [5.41, 5.74) is 2.08. The maximum atomic E-state index is 9.28. The fourth-order valence-electron chi connectivity index (χ4n) is 1.81. The number of ether oxygens (including phenoxy) is 1. The zero-order chi connectivity index (χ0) is 13.8. The van der Waals surface area contributed by atoms with E-state index in [9.17, 15) is 5.11 Å². The highest BCUT2D eigenvalue weighted by Gasteiger charge is 2.01. The Morgan fingerprint density at radius 2 is 1.30 bits per heavy atom. The highest BCUT2D eigenvalue weighted by molar-refractivity contribution is 5.64. The lowest BCUT2D eigenvalue weighted by molar-refractivity contribution is 0.442. The summed E-state index contributed by atoms with van der Waals surface area (Å²) in [6.45, 7) is 0. The van der Waals surface area contributed by atoms with Gasteiger partial charge in [-0.2, -0.15) is 0 Å². The van der Waals surface area contributed by atoms with Crippen LogP contribution in [0.2, 0.25) is 0 Å². The number of aromatic nitrogens is 2. The van der Waals surface area contributed by atoms with E-state index in [-0.39, 0.29) is 5.75 Å². The molecule has 4 heteroatoms. The van der Waals surface area contributed by atoms with Crippen LogP contribution < -0.4 is 4.74 Å². The lowest BCUT2D eigenvalue weighted by Gasteiger charge is -2.05. The van der Waals surface area contributed by atoms with Gasteiger partial charge < -0.3 is 9.84 Å². The monoisotopic (exact) mass is 264 g/mol. The molecule has 0 aliphatic heterocycles. The van der Waals surface area contributed by atoms with E-state index in [1.54, 1.807) is 30.6 Å². The van der Waals surface area contributed by atoms with Gasteiger partial charge in [-0.3, -0.25) is 0 Å². The molecule has 1 N–H and O–H groups in total. The van der Waals surface area contributed by atoms with Crippen molar-refractivity contribution in [3.05, 3.63) is 67.0 Å². The van der Waals surface area contributed by atoms with Crippen molar-refractivity contribution in [2.45, 2.75) is 0 Å². The first-order valence-electron chi connectivity index (χ1n) is 6.15. The summed E-state index contributed by atoms with van der Waals surface area (Å²) in [6, 6.07) is 16.7. The molecule has 2 aromatic carbocycles. The van der Waals surface area contributed by atoms with Crippen LogP contribution in [0.3, 0.4) is 0 Å². The Labute approximate surface area is 116 Å². The minimum Gasteiger partial charge on any atom is -0.508 e. The van der Waals surface area contributed by atoms with E-state index < -0.39 is 0 Å². The molecule has 98 valence electrons. The zero-order valence-corrected chi connectivity index (χ0v) is 10.6. The van der Waals surface area contributed by atoms with Gasteiger partial charge in [0.05, 0.1) is 0 Å². The van der Waals surface area contributed by atoms with Crippen LogP contribution in [-0.2, 0) is 0 Å². The lowest BCUT2D eigenvalue weighted by atomic mass is 10.1. The Hall–Kier alpha value is -2.88. The third-order valence-corrected chi connectivity index (χ3v) is 2.81. The first kappa shape index (κ1) is 12.2. The Bertz CT molecular complexity index is 680. The molecule has 0 amide bonds. The third-order valence-electron chi connectivity index (χ3n) is 2.81. The Balaban J connectivity index is 1.79. The van der Waals surface area contributed by atoms with Crippen molar-refractivity contribution in [3.8, 4) is 28.6 Å². The van der Waals surface area contributed by atoms with Crippen LogP contribution in [0.1, 0.15) is 0 Å². The van der Waals surface area contributed by atoms with Crippen LogP contribution in [-0.4, -0.2) is 15.1 Å². The van der Waals surface area contributed by atoms with E-state index in [4.69, 9.17) is 4.74 Å². The fraction of sp³-hybridized carbons (Fsp3) is 0. The summed E-state index contributed by atoms with van der Waals surface area (Å²) in [7, 11) is 0. The van der Waals surface area contributed by atoms with Gasteiger partial charge >= 0.3 is 6.01 Å². The maximum absolute atomic E-state index is 9.28. The normalized spacial score (nSPS) is 10.2. The lowest BCUT2D eigenvalue weighted by Crippen LogP contribution is -1.89. The van der Waals surface area contributed by atoms with Gasteiger partial charge in [-0.15, -0.1) is 0 Å². The molecule has 0 unspecified atom stereocenters. The van der Waals surface area contributed by atoms with Crippen molar-refractivity contribution < 1.29 is 9.84 Å². The average Bonchev–Trinajstić information content (AvgIpc) is 2.50. The second kappa shape index (κ2) is 5.40. The molecule has 0 saturated carbocycles. The van der Waals surface area contributed by atoms with Gasteiger partial charge in [-0.05, 0) is 41.5 Å². The first-order chi connectivity index (χ1) is 9.81. The van der Waals surface area contributed by atoms with Crippen LogP contribution >= 0.6 is 0 Å². The van der Waals surface area contributed by atoms with Gasteiger partial charge in [0, 0.05) is 12.4 Å². The molecule has 0 atom stereocenters. The average molecular weight is 264 g/mol. The van der Waals surface area contributed by atoms with Crippen LogP contribution in [0.15, 0.2) is 67.0 Å². The molecular formula is C16H12N2O2. The molecule has 0 radical (unpaired) electrons. The summed E-state index contributed by atoms with van der Waals surface area (Å²) < 4.78 is 5.53. The molecule has 3 aromatic rings. The number of hydrogen-bond acceptors (Lipinski definition) is 4. The van der Waals surface area contributed by atoms with E-state index in [0.29, 0.717) is 11.8 Å². The van der Waals surface area contributed by atoms with Gasteiger partial charge in [0.1, 0.15) is 11.5 Å². The predicted molar refractivity (Wildman–Crippen MR) is 75.6 cm³/mol. The molecule has 0 aliphatic rings. The van der Waals surface area contributed by atoms with Crippen molar-refractivity contribution in [1.29, 1.82) is 0 Å². The van der Waals surface area contributed by atoms with Gasteiger partial charge in [0.2, 0.25) is 0 Å². The quantitative estimate of drug-likeness (QED) is 0.784. The van der Waals surface area contributed by atoms with Crippen molar-refractivity contribution in [2.24, 2.45) is 0 Å². The zero-order valence-electron chi connectivity index (χ0n) is 10.6. The Morgan fingerprint density at radius 3 is 1.90 bits per heavy atom. The predicted octanol–water partition coefficient (Wildman–Crippen LogP) is 3.64. The van der Waals surface area contributed by atoms with Gasteiger partial charge in [-0.1, -0.05) is 24.3 Å². The highest BCUT2D eigenvalue weighted by atomic mass is 16.5. The molecule has 1 aromatic heterocycles. The molecule has 20 heavy (non-hydrogen) atoms. The van der Waals surface area contributed by atoms with Crippen LogP contribution in [0.5, 0.6) is 17.5 Å². The molecule has 0 spiro atoms. The molecule has 4 nitrogen and oxygen atoms in total. The largest absolute Gasteiger partial charge is 0.508 e. The minimum absolute atomic E-state index is 0.259. The summed E-state index contributed by atoms with van der Waals surface area (Å²) in [4.78, 5) is 8.01. The number of aromatic hydroxyl groups is 1. The number of phenols is 1. The first-order valence-corrected chi connectivity index (χ1v) is 6.15. The topological polar surface area (TPSA) is 55.2 Å². The third kappa shape index (κ3) is 2.75. The molecule has 0 bridgehead atoms. The smallest absolute Gasteiger partial charge is 0.321 e. The fourth-order valence-corrected chi connectivity index (χ4v) is 1.81. The second-order valence-electron chi connectivity index (χ2n) is 4.20. The van der Waals surface area contributed by atoms with Crippen LogP contribution in [0, 0.1) is 0 Å². The van der Waals surface area contributed by atoms with Crippen molar-refractivity contribution in [3.63, 3.8) is 0 Å². The van der Waals surface area contributed by atoms with E-state index in [2.05, 4.69) is 9.97 Å².